The zero-order chi connectivity index (χ0) is 21.8. The summed E-state index contributed by atoms with van der Waals surface area (Å²) in [6.07, 6.45) is 0. The van der Waals surface area contributed by atoms with Crippen LogP contribution in [0.15, 0.2) is 21.9 Å². The molecule has 0 aliphatic rings. The fourth-order valence-corrected chi connectivity index (χ4v) is 5.77. The normalized spacial score (nSPS) is 11.2. The number of thioether (sulfide) groups is 1. The Morgan fingerprint density at radius 3 is 2.53 bits per heavy atom. The standard InChI is InChI=1S/C21H27N5OS3/c1-12(2)9-22-19-24-25-21(30-19)29-11-17-10-28-20(23-17)26(16(6)27)18-14(4)7-13(3)8-15(18)5/h7-8,10,12H,9,11H2,1-6H3,(H,22,24). The van der Waals surface area contributed by atoms with Gasteiger partial charge in [-0.3, -0.25) is 9.69 Å². The Labute approximate surface area is 190 Å². The number of carbonyl (C=O) groups excluding carboxylic acids is 1. The van der Waals surface area contributed by atoms with Gasteiger partial charge in [0.05, 0.1) is 11.4 Å². The quantitative estimate of drug-likeness (QED) is 0.417. The van der Waals surface area contributed by atoms with Crippen molar-refractivity contribution in [3.8, 4) is 0 Å². The molecule has 2 heterocycles. The summed E-state index contributed by atoms with van der Waals surface area (Å²) < 4.78 is 0.907. The maximum Gasteiger partial charge on any atom is 0.230 e. The van der Waals surface area contributed by atoms with Gasteiger partial charge < -0.3 is 5.32 Å². The minimum Gasteiger partial charge on any atom is -0.360 e. The van der Waals surface area contributed by atoms with Gasteiger partial charge in [-0.15, -0.1) is 21.5 Å². The molecule has 0 atom stereocenters. The van der Waals surface area contributed by atoms with Crippen molar-refractivity contribution in [1.82, 2.24) is 15.2 Å². The molecule has 0 bridgehead atoms. The van der Waals surface area contributed by atoms with E-state index in [2.05, 4.69) is 48.4 Å². The van der Waals surface area contributed by atoms with Crippen LogP contribution in [0.25, 0.3) is 0 Å². The molecule has 6 nitrogen and oxygen atoms in total. The summed E-state index contributed by atoms with van der Waals surface area (Å²) in [7, 11) is 0. The van der Waals surface area contributed by atoms with E-state index in [0.29, 0.717) is 16.8 Å². The molecule has 2 aromatic heterocycles. The third kappa shape index (κ3) is 5.59. The predicted molar refractivity (Wildman–Crippen MR) is 128 cm³/mol. The van der Waals surface area contributed by atoms with Crippen LogP contribution in [-0.4, -0.2) is 27.6 Å². The van der Waals surface area contributed by atoms with E-state index in [-0.39, 0.29) is 5.91 Å². The van der Waals surface area contributed by atoms with Crippen LogP contribution in [0, 0.1) is 26.7 Å². The number of nitrogens with one attached hydrogen (secondary N) is 1. The van der Waals surface area contributed by atoms with Gasteiger partial charge in [0.2, 0.25) is 11.0 Å². The molecule has 0 unspecified atom stereocenters. The molecule has 1 amide bonds. The number of hydrogen-bond acceptors (Lipinski definition) is 8. The molecule has 0 spiro atoms. The smallest absolute Gasteiger partial charge is 0.230 e. The zero-order valence-corrected chi connectivity index (χ0v) is 20.6. The second kappa shape index (κ2) is 9.89. The van der Waals surface area contributed by atoms with Crippen molar-refractivity contribution in [3.63, 3.8) is 0 Å². The number of benzene rings is 1. The summed E-state index contributed by atoms with van der Waals surface area (Å²) in [6.45, 7) is 12.9. The highest BCUT2D eigenvalue weighted by Gasteiger charge is 2.22. The molecule has 0 saturated heterocycles. The van der Waals surface area contributed by atoms with Crippen LogP contribution in [0.2, 0.25) is 0 Å². The number of thiazole rings is 1. The second-order valence-corrected chi connectivity index (χ2v) is 10.7. The Kier molecular flexibility index (Phi) is 7.49. The highest BCUT2D eigenvalue weighted by molar-refractivity contribution is 8.00. The third-order valence-electron chi connectivity index (χ3n) is 4.32. The molecule has 1 aromatic carbocycles. The first-order valence-corrected chi connectivity index (χ1v) is 12.5. The van der Waals surface area contributed by atoms with E-state index in [1.807, 2.05) is 19.2 Å². The molecular weight excluding hydrogens is 434 g/mol. The third-order valence-corrected chi connectivity index (χ3v) is 7.24. The minimum absolute atomic E-state index is 0.0383. The Balaban J connectivity index is 1.72. The first kappa shape index (κ1) is 22.7. The molecule has 0 saturated carbocycles. The minimum atomic E-state index is -0.0383. The van der Waals surface area contributed by atoms with Gasteiger partial charge in [-0.2, -0.15) is 0 Å². The van der Waals surface area contributed by atoms with Crippen molar-refractivity contribution in [2.45, 2.75) is 51.6 Å². The highest BCUT2D eigenvalue weighted by Crippen LogP contribution is 2.36. The van der Waals surface area contributed by atoms with Gasteiger partial charge >= 0.3 is 0 Å². The van der Waals surface area contributed by atoms with Crippen molar-refractivity contribution in [3.05, 3.63) is 39.9 Å². The molecule has 3 rings (SSSR count). The fraction of sp³-hybridized carbons (Fsp3) is 0.429. The molecule has 3 aromatic rings. The molecule has 9 heteroatoms. The molecule has 0 radical (unpaired) electrons. The van der Waals surface area contributed by atoms with E-state index < -0.39 is 0 Å². The van der Waals surface area contributed by atoms with Crippen LogP contribution < -0.4 is 10.2 Å². The number of hydrogen-bond donors (Lipinski definition) is 1. The summed E-state index contributed by atoms with van der Waals surface area (Å²) in [4.78, 5) is 19.0. The number of anilines is 3. The number of aryl methyl sites for hydroxylation is 3. The van der Waals surface area contributed by atoms with Gasteiger partial charge in [0.1, 0.15) is 0 Å². The molecule has 30 heavy (non-hydrogen) atoms. The Hall–Kier alpha value is -1.97. The summed E-state index contributed by atoms with van der Waals surface area (Å²) >= 11 is 4.66. The SMILES string of the molecule is CC(=O)N(c1nc(CSc2nnc(NCC(C)C)s2)cs1)c1c(C)cc(C)cc1C. The van der Waals surface area contributed by atoms with Crippen LogP contribution in [0.1, 0.15) is 43.2 Å². The van der Waals surface area contributed by atoms with E-state index in [1.54, 1.807) is 34.9 Å². The van der Waals surface area contributed by atoms with Crippen LogP contribution in [-0.2, 0) is 10.5 Å². The fourth-order valence-electron chi connectivity index (χ4n) is 3.14. The average molecular weight is 462 g/mol. The van der Waals surface area contributed by atoms with Crippen LogP contribution in [0.3, 0.4) is 0 Å². The second-order valence-electron chi connectivity index (χ2n) is 7.66. The van der Waals surface area contributed by atoms with E-state index >= 15 is 0 Å². The lowest BCUT2D eigenvalue weighted by molar-refractivity contribution is -0.115. The lowest BCUT2D eigenvalue weighted by atomic mass is 10.0. The maximum absolute atomic E-state index is 12.5. The topological polar surface area (TPSA) is 71.0 Å². The first-order chi connectivity index (χ1) is 14.2. The van der Waals surface area contributed by atoms with E-state index in [0.717, 1.165) is 38.5 Å². The summed E-state index contributed by atoms with van der Waals surface area (Å²) in [5.74, 6) is 1.21. The monoisotopic (exact) mass is 461 g/mol. The molecule has 0 aliphatic heterocycles. The molecule has 0 fully saturated rings. The van der Waals surface area contributed by atoms with Crippen LogP contribution in [0.5, 0.6) is 0 Å². The number of aromatic nitrogens is 3. The van der Waals surface area contributed by atoms with Gasteiger partial charge in [0.25, 0.3) is 0 Å². The highest BCUT2D eigenvalue weighted by atomic mass is 32.2. The van der Waals surface area contributed by atoms with E-state index in [4.69, 9.17) is 4.98 Å². The van der Waals surface area contributed by atoms with Crippen molar-refractivity contribution in [2.24, 2.45) is 5.92 Å². The van der Waals surface area contributed by atoms with Crippen molar-refractivity contribution in [1.29, 1.82) is 0 Å². The maximum atomic E-state index is 12.5. The number of amides is 1. The van der Waals surface area contributed by atoms with Gasteiger partial charge in [0.15, 0.2) is 9.47 Å². The van der Waals surface area contributed by atoms with Crippen molar-refractivity contribution < 1.29 is 4.79 Å². The number of carbonyl (C=O) groups is 1. The Morgan fingerprint density at radius 1 is 1.20 bits per heavy atom. The van der Waals surface area contributed by atoms with Crippen LogP contribution >= 0.6 is 34.4 Å². The molecular formula is C21H27N5OS3. The summed E-state index contributed by atoms with van der Waals surface area (Å²) in [6, 6.07) is 4.20. The summed E-state index contributed by atoms with van der Waals surface area (Å²) in [5, 5.41) is 15.3. The largest absolute Gasteiger partial charge is 0.360 e. The number of nitrogens with zero attached hydrogens (tertiary/aromatic N) is 4. The summed E-state index contributed by atoms with van der Waals surface area (Å²) in [5.41, 5.74) is 5.19. The Morgan fingerprint density at radius 2 is 1.90 bits per heavy atom. The lowest BCUT2D eigenvalue weighted by Crippen LogP contribution is -2.24. The van der Waals surface area contributed by atoms with E-state index in [1.165, 1.54) is 16.9 Å². The van der Waals surface area contributed by atoms with Gasteiger partial charge in [-0.1, -0.05) is 54.6 Å². The van der Waals surface area contributed by atoms with Gasteiger partial charge in [-0.05, 0) is 37.8 Å². The number of rotatable bonds is 8. The molecule has 1 N–H and O–H groups in total. The zero-order valence-electron chi connectivity index (χ0n) is 18.1. The van der Waals surface area contributed by atoms with Gasteiger partial charge in [-0.25, -0.2) is 4.98 Å². The first-order valence-electron chi connectivity index (χ1n) is 9.77. The van der Waals surface area contributed by atoms with Gasteiger partial charge in [0, 0.05) is 24.6 Å². The predicted octanol–water partition coefficient (Wildman–Crippen LogP) is 5.96. The van der Waals surface area contributed by atoms with Crippen molar-refractivity contribution >= 4 is 56.3 Å². The van der Waals surface area contributed by atoms with Crippen molar-refractivity contribution in [2.75, 3.05) is 16.8 Å². The van der Waals surface area contributed by atoms with Crippen LogP contribution in [0.4, 0.5) is 16.0 Å². The van der Waals surface area contributed by atoms with E-state index in [9.17, 15) is 4.79 Å². The Bertz CT molecular complexity index is 1000. The molecule has 160 valence electrons. The molecule has 0 aliphatic carbocycles. The lowest BCUT2D eigenvalue weighted by Gasteiger charge is -2.23. The average Bonchev–Trinajstić information content (AvgIpc) is 3.30.